The zero-order chi connectivity index (χ0) is 26.1. The van der Waals surface area contributed by atoms with Crippen LogP contribution in [0, 0.1) is 11.6 Å². The van der Waals surface area contributed by atoms with Crippen LogP contribution in [0.15, 0.2) is 121 Å². The average Bonchev–Trinajstić information content (AvgIpc) is 3.41. The van der Waals surface area contributed by atoms with Gasteiger partial charge in [0.05, 0.1) is 0 Å². The molecule has 0 fully saturated rings. The lowest BCUT2D eigenvalue weighted by atomic mass is 9.85. The zero-order valence-electron chi connectivity index (χ0n) is 20.7. The normalized spacial score (nSPS) is 11.8. The molecule has 1 aromatic heterocycles. The Balaban J connectivity index is 1.52. The third-order valence-corrected chi connectivity index (χ3v) is 8.93. The van der Waals surface area contributed by atoms with Crippen molar-refractivity contribution < 1.29 is 8.78 Å². The second-order valence-electron chi connectivity index (χ2n) is 9.99. The van der Waals surface area contributed by atoms with Crippen molar-refractivity contribution >= 4 is 53.7 Å². The highest BCUT2D eigenvalue weighted by molar-refractivity contribution is 7.22. The molecule has 184 valence electrons. The van der Waals surface area contributed by atoms with Gasteiger partial charge in [0.1, 0.15) is 11.6 Å². The molecule has 1 heterocycles. The molecule has 0 aliphatic heterocycles. The minimum atomic E-state index is -0.245. The number of hydrogen-bond donors (Lipinski definition) is 0. The Morgan fingerprint density at radius 1 is 0.436 bits per heavy atom. The first-order chi connectivity index (χ1) is 19.1. The Hall–Kier alpha value is -4.60. The van der Waals surface area contributed by atoms with Crippen LogP contribution >= 0.6 is 11.3 Å². The molecule has 0 nitrogen and oxygen atoms in total. The van der Waals surface area contributed by atoms with Crippen LogP contribution < -0.4 is 0 Å². The maximum atomic E-state index is 13.9. The van der Waals surface area contributed by atoms with Gasteiger partial charge in [-0.2, -0.15) is 0 Å². The SMILES string of the molecule is Fc1ccc(-c2ccc3ccc4c(-c5ccc(F)cc5)cc(-c5cc6ccccc6s5)c5ccc2c3c45)cc1. The van der Waals surface area contributed by atoms with E-state index in [0.29, 0.717) is 0 Å². The van der Waals surface area contributed by atoms with E-state index in [1.54, 1.807) is 11.3 Å². The van der Waals surface area contributed by atoms with Crippen LogP contribution in [0.2, 0.25) is 0 Å². The molecule has 39 heavy (non-hydrogen) atoms. The monoisotopic (exact) mass is 522 g/mol. The Labute approximate surface area is 227 Å². The third-order valence-electron chi connectivity index (χ3n) is 7.78. The van der Waals surface area contributed by atoms with Crippen LogP contribution in [-0.2, 0) is 0 Å². The summed E-state index contributed by atoms with van der Waals surface area (Å²) in [5.41, 5.74) is 5.29. The summed E-state index contributed by atoms with van der Waals surface area (Å²) in [6, 6.07) is 39.6. The molecule has 0 spiro atoms. The van der Waals surface area contributed by atoms with Gasteiger partial charge >= 0.3 is 0 Å². The van der Waals surface area contributed by atoms with E-state index in [0.717, 1.165) is 38.4 Å². The van der Waals surface area contributed by atoms with Crippen LogP contribution in [0.4, 0.5) is 8.78 Å². The lowest BCUT2D eigenvalue weighted by Crippen LogP contribution is -1.92. The molecule has 0 radical (unpaired) electrons. The van der Waals surface area contributed by atoms with Crippen molar-refractivity contribution in [2.24, 2.45) is 0 Å². The first-order valence-corrected chi connectivity index (χ1v) is 13.7. The molecular weight excluding hydrogens is 502 g/mol. The summed E-state index contributed by atoms with van der Waals surface area (Å²) < 4.78 is 28.9. The van der Waals surface area contributed by atoms with Crippen molar-refractivity contribution in [1.29, 1.82) is 0 Å². The number of rotatable bonds is 3. The second kappa shape index (κ2) is 8.45. The molecule has 0 bridgehead atoms. The summed E-state index contributed by atoms with van der Waals surface area (Å²) in [4.78, 5) is 1.20. The number of halogens is 2. The summed E-state index contributed by atoms with van der Waals surface area (Å²) in [5.74, 6) is -0.487. The van der Waals surface area contributed by atoms with Gasteiger partial charge < -0.3 is 0 Å². The van der Waals surface area contributed by atoms with Gasteiger partial charge in [-0.15, -0.1) is 11.3 Å². The molecule has 8 aromatic rings. The van der Waals surface area contributed by atoms with Crippen molar-refractivity contribution in [2.75, 3.05) is 0 Å². The molecule has 0 atom stereocenters. The van der Waals surface area contributed by atoms with Gasteiger partial charge in [0.15, 0.2) is 0 Å². The minimum absolute atomic E-state index is 0.242. The van der Waals surface area contributed by atoms with E-state index >= 15 is 0 Å². The van der Waals surface area contributed by atoms with Crippen LogP contribution in [0.3, 0.4) is 0 Å². The van der Waals surface area contributed by atoms with Crippen molar-refractivity contribution in [2.45, 2.75) is 0 Å². The Morgan fingerprint density at radius 3 is 1.74 bits per heavy atom. The second-order valence-corrected chi connectivity index (χ2v) is 11.1. The smallest absolute Gasteiger partial charge is 0.123 e. The summed E-state index contributed by atoms with van der Waals surface area (Å²) in [6.45, 7) is 0. The van der Waals surface area contributed by atoms with Crippen molar-refractivity contribution in [3.05, 3.63) is 133 Å². The molecule has 3 heteroatoms. The molecule has 0 aliphatic carbocycles. The van der Waals surface area contributed by atoms with E-state index in [-0.39, 0.29) is 11.6 Å². The van der Waals surface area contributed by atoms with Gasteiger partial charge in [0, 0.05) is 15.1 Å². The molecule has 0 aliphatic rings. The number of hydrogen-bond acceptors (Lipinski definition) is 1. The highest BCUT2D eigenvalue weighted by Crippen LogP contribution is 2.47. The van der Waals surface area contributed by atoms with Crippen LogP contribution in [0.25, 0.3) is 75.1 Å². The van der Waals surface area contributed by atoms with Crippen molar-refractivity contribution in [3.8, 4) is 32.7 Å². The van der Waals surface area contributed by atoms with Gasteiger partial charge in [0.2, 0.25) is 0 Å². The Kier molecular flexibility index (Phi) is 4.85. The van der Waals surface area contributed by atoms with Gasteiger partial charge in [0.25, 0.3) is 0 Å². The fraction of sp³-hybridized carbons (Fsp3) is 0. The predicted octanol–water partition coefficient (Wildman–Crippen LogP) is 11.1. The summed E-state index contributed by atoms with van der Waals surface area (Å²) in [6.07, 6.45) is 0. The maximum Gasteiger partial charge on any atom is 0.123 e. The fourth-order valence-electron chi connectivity index (χ4n) is 5.96. The molecule has 8 rings (SSSR count). The predicted molar refractivity (Wildman–Crippen MR) is 162 cm³/mol. The van der Waals surface area contributed by atoms with E-state index < -0.39 is 0 Å². The maximum absolute atomic E-state index is 13.9. The van der Waals surface area contributed by atoms with E-state index in [9.17, 15) is 8.78 Å². The van der Waals surface area contributed by atoms with Crippen molar-refractivity contribution in [1.82, 2.24) is 0 Å². The average molecular weight is 523 g/mol. The van der Waals surface area contributed by atoms with Gasteiger partial charge in [-0.25, -0.2) is 8.78 Å². The molecular formula is C36H20F2S. The minimum Gasteiger partial charge on any atom is -0.207 e. The van der Waals surface area contributed by atoms with Crippen LogP contribution in [0.5, 0.6) is 0 Å². The third kappa shape index (κ3) is 3.47. The lowest BCUT2D eigenvalue weighted by Gasteiger charge is -2.19. The van der Waals surface area contributed by atoms with Gasteiger partial charge in [-0.3, -0.25) is 0 Å². The Morgan fingerprint density at radius 2 is 1.03 bits per heavy atom. The van der Waals surface area contributed by atoms with Gasteiger partial charge in [-0.1, -0.05) is 78.9 Å². The standard InChI is InChI=1S/C36H20F2S/c37-25-11-5-21(6-12-25)27-15-9-23-10-16-29-31(22-7-13-26(38)14-8-22)20-32(30-18-17-28(27)35(23)36(29)30)34-19-24-3-1-2-4-33(24)39-34/h1-20H. The lowest BCUT2D eigenvalue weighted by molar-refractivity contribution is 0.627. The Bertz CT molecular complexity index is 2140. The highest BCUT2D eigenvalue weighted by atomic mass is 32.1. The topological polar surface area (TPSA) is 0 Å². The molecule has 0 saturated heterocycles. The van der Waals surface area contributed by atoms with E-state index in [1.807, 2.05) is 24.3 Å². The first kappa shape index (κ1) is 22.4. The van der Waals surface area contributed by atoms with E-state index in [4.69, 9.17) is 0 Å². The first-order valence-electron chi connectivity index (χ1n) is 12.9. The number of benzene rings is 7. The fourth-order valence-corrected chi connectivity index (χ4v) is 7.06. The molecule has 0 N–H and O–H groups in total. The number of thiophene rings is 1. The van der Waals surface area contributed by atoms with Crippen LogP contribution in [0.1, 0.15) is 0 Å². The van der Waals surface area contributed by atoms with E-state index in [2.05, 4.69) is 72.8 Å². The molecule has 7 aromatic carbocycles. The van der Waals surface area contributed by atoms with E-state index in [1.165, 1.54) is 61.0 Å². The summed E-state index contributed by atoms with van der Waals surface area (Å²) >= 11 is 1.79. The summed E-state index contributed by atoms with van der Waals surface area (Å²) in [5, 5.41) is 8.24. The quantitative estimate of drug-likeness (QED) is 0.202. The largest absolute Gasteiger partial charge is 0.207 e. The van der Waals surface area contributed by atoms with Crippen LogP contribution in [-0.4, -0.2) is 0 Å². The summed E-state index contributed by atoms with van der Waals surface area (Å²) in [7, 11) is 0. The van der Waals surface area contributed by atoms with Crippen molar-refractivity contribution in [3.63, 3.8) is 0 Å². The molecule has 0 saturated carbocycles. The van der Waals surface area contributed by atoms with Gasteiger partial charge in [-0.05, 0) is 102 Å². The molecule has 0 amide bonds. The number of fused-ring (bicyclic) bond motifs is 1. The zero-order valence-corrected chi connectivity index (χ0v) is 21.5. The molecule has 0 unspecified atom stereocenters. The highest BCUT2D eigenvalue weighted by Gasteiger charge is 2.19.